The van der Waals surface area contributed by atoms with E-state index in [1.807, 2.05) is 13.0 Å². The Balaban J connectivity index is 1.89. The van der Waals surface area contributed by atoms with E-state index in [2.05, 4.69) is 41.4 Å². The van der Waals surface area contributed by atoms with Crippen molar-refractivity contribution in [1.29, 1.82) is 0 Å². The fraction of sp³-hybridized carbons (Fsp3) is 0.424. The summed E-state index contributed by atoms with van der Waals surface area (Å²) < 4.78 is 39.8. The maximum absolute atomic E-state index is 13.9. The molecule has 1 N–H and O–H groups in total. The third kappa shape index (κ3) is 7.92. The zero-order chi connectivity index (χ0) is 31.9. The summed E-state index contributed by atoms with van der Waals surface area (Å²) in [6.07, 6.45) is 0.840. The SMILES string of the molecule is Cc1c(C2=CCC(F)(F)CC2)oc2c([C@@H](C)Nc3ccc(Cl)nc3C(=O)OC(C)(C)C)cc(C#C[Si](C)(C)C)cc2c1=O. The van der Waals surface area contributed by atoms with E-state index in [1.54, 1.807) is 45.9 Å². The van der Waals surface area contributed by atoms with Gasteiger partial charge < -0.3 is 14.5 Å². The maximum Gasteiger partial charge on any atom is 0.359 e. The molecule has 1 atom stereocenters. The summed E-state index contributed by atoms with van der Waals surface area (Å²) in [6, 6.07) is 6.27. The number of rotatable bonds is 5. The number of ether oxygens (including phenoxy) is 1. The van der Waals surface area contributed by atoms with E-state index in [-0.39, 0.29) is 29.1 Å². The Bertz CT molecular complexity index is 1740. The van der Waals surface area contributed by atoms with Crippen molar-refractivity contribution in [3.8, 4) is 11.5 Å². The lowest BCUT2D eigenvalue weighted by Crippen LogP contribution is -2.25. The van der Waals surface area contributed by atoms with Crippen molar-refractivity contribution in [3.05, 3.63) is 73.9 Å². The van der Waals surface area contributed by atoms with Crippen LogP contribution in [-0.4, -0.2) is 30.6 Å². The van der Waals surface area contributed by atoms with Gasteiger partial charge in [0.05, 0.1) is 17.1 Å². The summed E-state index contributed by atoms with van der Waals surface area (Å²) in [4.78, 5) is 31.0. The summed E-state index contributed by atoms with van der Waals surface area (Å²) in [5.74, 6) is 0.126. The summed E-state index contributed by atoms with van der Waals surface area (Å²) in [6.45, 7) is 15.2. The van der Waals surface area contributed by atoms with Crippen LogP contribution in [0.1, 0.15) is 85.9 Å². The highest BCUT2D eigenvalue weighted by Gasteiger charge is 2.33. The van der Waals surface area contributed by atoms with Gasteiger partial charge >= 0.3 is 5.97 Å². The van der Waals surface area contributed by atoms with Crippen molar-refractivity contribution in [3.63, 3.8) is 0 Å². The second-order valence-corrected chi connectivity index (χ2v) is 18.2. The van der Waals surface area contributed by atoms with E-state index in [0.29, 0.717) is 44.7 Å². The summed E-state index contributed by atoms with van der Waals surface area (Å²) in [5, 5.41) is 3.79. The molecule has 0 unspecified atom stereocenters. The van der Waals surface area contributed by atoms with Gasteiger partial charge in [-0.15, -0.1) is 5.54 Å². The second kappa shape index (κ2) is 11.9. The number of nitrogens with one attached hydrogen (secondary N) is 1. The quantitative estimate of drug-likeness (QED) is 0.132. The number of hydrogen-bond acceptors (Lipinski definition) is 6. The molecule has 10 heteroatoms. The fourth-order valence-electron chi connectivity index (χ4n) is 4.72. The molecule has 1 aliphatic carbocycles. The Hall–Kier alpha value is -3.48. The topological polar surface area (TPSA) is 81.4 Å². The minimum Gasteiger partial charge on any atom is -0.456 e. The van der Waals surface area contributed by atoms with Gasteiger partial charge in [-0.25, -0.2) is 18.6 Å². The first-order valence-corrected chi connectivity index (χ1v) is 18.1. The van der Waals surface area contributed by atoms with E-state index in [0.717, 1.165) is 0 Å². The predicted octanol–water partition coefficient (Wildman–Crippen LogP) is 8.71. The van der Waals surface area contributed by atoms with Crippen LogP contribution in [0.3, 0.4) is 0 Å². The fourth-order valence-corrected chi connectivity index (χ4v) is 5.39. The molecular formula is C33H37ClF2N2O4Si. The van der Waals surface area contributed by atoms with Crippen molar-refractivity contribution < 1.29 is 22.7 Å². The average Bonchev–Trinajstić information content (AvgIpc) is 2.89. The highest BCUT2D eigenvalue weighted by atomic mass is 35.5. The normalized spacial score (nSPS) is 15.7. The second-order valence-electron chi connectivity index (χ2n) is 13.0. The first-order chi connectivity index (χ1) is 19.8. The number of aromatic nitrogens is 1. The largest absolute Gasteiger partial charge is 0.456 e. The van der Waals surface area contributed by atoms with Crippen LogP contribution in [-0.2, 0) is 4.74 Å². The Labute approximate surface area is 256 Å². The van der Waals surface area contributed by atoms with Crippen LogP contribution < -0.4 is 10.7 Å². The van der Waals surface area contributed by atoms with E-state index >= 15 is 0 Å². The van der Waals surface area contributed by atoms with Gasteiger partial charge in [-0.3, -0.25) is 4.79 Å². The number of esters is 1. The number of carbonyl (C=O) groups is 1. The molecule has 43 heavy (non-hydrogen) atoms. The number of anilines is 1. The Morgan fingerprint density at radius 2 is 1.93 bits per heavy atom. The molecule has 3 aromatic rings. The lowest BCUT2D eigenvalue weighted by molar-refractivity contribution is -0.00623. The minimum atomic E-state index is -2.78. The highest BCUT2D eigenvalue weighted by molar-refractivity contribution is 6.83. The summed E-state index contributed by atoms with van der Waals surface area (Å²) in [7, 11) is -1.75. The molecule has 228 valence electrons. The Morgan fingerprint density at radius 1 is 1.23 bits per heavy atom. The molecule has 1 aliphatic rings. The first kappa shape index (κ1) is 32.4. The van der Waals surface area contributed by atoms with Gasteiger partial charge in [0.2, 0.25) is 0 Å². The molecule has 0 saturated carbocycles. The van der Waals surface area contributed by atoms with E-state index in [4.69, 9.17) is 20.8 Å². The van der Waals surface area contributed by atoms with Crippen molar-refractivity contribution in [2.75, 3.05) is 5.32 Å². The molecule has 2 heterocycles. The van der Waals surface area contributed by atoms with Gasteiger partial charge in [0.15, 0.2) is 11.1 Å². The molecule has 4 rings (SSSR count). The zero-order valence-electron chi connectivity index (χ0n) is 25.8. The number of alkyl halides is 2. The first-order valence-electron chi connectivity index (χ1n) is 14.2. The molecule has 0 aliphatic heterocycles. The zero-order valence-corrected chi connectivity index (χ0v) is 27.6. The van der Waals surface area contributed by atoms with E-state index in [9.17, 15) is 18.4 Å². The number of halogens is 3. The molecule has 0 spiro atoms. The molecule has 6 nitrogen and oxygen atoms in total. The Kier molecular flexibility index (Phi) is 8.97. The number of carbonyl (C=O) groups excluding carboxylic acids is 1. The predicted molar refractivity (Wildman–Crippen MR) is 171 cm³/mol. The minimum absolute atomic E-state index is 0.0135. The summed E-state index contributed by atoms with van der Waals surface area (Å²) in [5.41, 5.74) is 5.27. The number of nitrogens with zero attached hydrogens (tertiary/aromatic N) is 1. The molecule has 1 aromatic carbocycles. The third-order valence-electron chi connectivity index (χ3n) is 6.82. The van der Waals surface area contributed by atoms with Crippen molar-refractivity contribution >= 4 is 47.9 Å². The van der Waals surface area contributed by atoms with Crippen molar-refractivity contribution in [1.82, 2.24) is 4.98 Å². The Morgan fingerprint density at radius 3 is 2.53 bits per heavy atom. The van der Waals surface area contributed by atoms with E-state index in [1.165, 1.54) is 6.08 Å². The van der Waals surface area contributed by atoms with Crippen LogP contribution in [0.25, 0.3) is 16.5 Å². The molecular weight excluding hydrogens is 590 g/mol. The number of fused-ring (bicyclic) bond motifs is 1. The van der Waals surface area contributed by atoms with E-state index < -0.39 is 38.0 Å². The monoisotopic (exact) mass is 626 g/mol. The van der Waals surface area contributed by atoms with Crippen molar-refractivity contribution in [2.45, 2.75) is 91.1 Å². The summed E-state index contributed by atoms with van der Waals surface area (Å²) >= 11 is 6.14. The number of pyridine rings is 1. The smallest absolute Gasteiger partial charge is 0.359 e. The van der Waals surface area contributed by atoms with Gasteiger partial charge in [0.1, 0.15) is 30.2 Å². The van der Waals surface area contributed by atoms with Gasteiger partial charge in [-0.2, -0.15) is 0 Å². The number of allylic oxidation sites excluding steroid dienone is 2. The van der Waals surface area contributed by atoms with Crippen LogP contribution in [0, 0.1) is 18.4 Å². The maximum atomic E-state index is 13.9. The third-order valence-corrected chi connectivity index (χ3v) is 7.91. The standard InChI is InChI=1S/C33H37ClF2N2O4Si/c1-19-28(39)24-18-21(13-16-43(6,7)8)17-23(30(24)41-29(19)22-11-14-33(35,36)15-12-22)20(2)37-25-9-10-26(34)38-27(25)31(40)42-32(3,4)5/h9-11,17-18,20,37H,12,14-15H2,1-8H3/t20-/m1/s1. The lowest BCUT2D eigenvalue weighted by atomic mass is 9.92. The molecule has 0 fully saturated rings. The van der Waals surface area contributed by atoms with Gasteiger partial charge in [-0.1, -0.05) is 43.2 Å². The molecule has 0 bridgehead atoms. The van der Waals surface area contributed by atoms with Crippen LogP contribution in [0.2, 0.25) is 24.8 Å². The van der Waals surface area contributed by atoms with Crippen LogP contribution >= 0.6 is 11.6 Å². The van der Waals surface area contributed by atoms with Crippen LogP contribution in [0.4, 0.5) is 14.5 Å². The number of hydrogen-bond donors (Lipinski definition) is 1. The van der Waals surface area contributed by atoms with Crippen molar-refractivity contribution in [2.24, 2.45) is 0 Å². The van der Waals surface area contributed by atoms with Gasteiger partial charge in [0, 0.05) is 29.5 Å². The number of benzene rings is 1. The molecule has 0 radical (unpaired) electrons. The van der Waals surface area contributed by atoms with Gasteiger partial charge in [0.25, 0.3) is 5.92 Å². The van der Waals surface area contributed by atoms with Crippen LogP contribution in [0.5, 0.6) is 0 Å². The van der Waals surface area contributed by atoms with Crippen LogP contribution in [0.15, 0.2) is 39.6 Å². The molecule has 0 amide bonds. The highest BCUT2D eigenvalue weighted by Crippen LogP contribution is 2.38. The molecule has 2 aromatic heterocycles. The van der Waals surface area contributed by atoms with Gasteiger partial charge in [-0.05, 0) is 70.9 Å². The average molecular weight is 627 g/mol. The lowest BCUT2D eigenvalue weighted by Gasteiger charge is -2.23. The molecule has 0 saturated heterocycles.